The fourth-order valence-electron chi connectivity index (χ4n) is 3.07. The SMILES string of the molecule is CCc1ccc[n+](CCc2c(CC(=O)OC)[nH]c3ccccc23)c1.[O-][Cl+3]([O-])([O-])[O-]. The number of hydrogen-bond acceptors (Lipinski definition) is 6. The predicted octanol–water partition coefficient (Wildman–Crippen LogP) is -1.78. The van der Waals surface area contributed by atoms with E-state index in [1.165, 1.54) is 23.6 Å². The molecule has 0 saturated heterocycles. The number of H-pyrrole nitrogens is 1. The monoisotopic (exact) mass is 422 g/mol. The number of pyridine rings is 1. The maximum atomic E-state index is 11.7. The van der Waals surface area contributed by atoms with Gasteiger partial charge in [-0.05, 0) is 24.1 Å². The number of benzene rings is 1. The van der Waals surface area contributed by atoms with E-state index in [4.69, 9.17) is 23.4 Å². The lowest BCUT2D eigenvalue weighted by atomic mass is 10.1. The molecule has 3 rings (SSSR count). The fourth-order valence-corrected chi connectivity index (χ4v) is 3.07. The van der Waals surface area contributed by atoms with Crippen LogP contribution < -0.4 is 23.2 Å². The lowest BCUT2D eigenvalue weighted by molar-refractivity contribution is -2.00. The van der Waals surface area contributed by atoms with Crippen molar-refractivity contribution in [1.82, 2.24) is 4.98 Å². The van der Waals surface area contributed by atoms with Gasteiger partial charge in [-0.2, -0.15) is 0 Å². The van der Waals surface area contributed by atoms with Gasteiger partial charge in [-0.3, -0.25) is 4.79 Å². The van der Waals surface area contributed by atoms with E-state index in [1.807, 2.05) is 18.2 Å². The van der Waals surface area contributed by atoms with Crippen LogP contribution >= 0.6 is 0 Å². The summed E-state index contributed by atoms with van der Waals surface area (Å²) < 4.78 is 41.0. The van der Waals surface area contributed by atoms with Gasteiger partial charge in [0.25, 0.3) is 0 Å². The summed E-state index contributed by atoms with van der Waals surface area (Å²) in [5.74, 6) is -0.219. The largest absolute Gasteiger partial charge is 0.469 e. The molecular formula is C20H23ClN2O6. The second kappa shape index (κ2) is 10.3. The predicted molar refractivity (Wildman–Crippen MR) is 93.7 cm³/mol. The maximum Gasteiger partial charge on any atom is 0.311 e. The highest BCUT2D eigenvalue weighted by Crippen LogP contribution is 2.23. The molecule has 0 bridgehead atoms. The standard InChI is InChI=1S/C20H23N2O2.ClHO4/c1-3-15-7-6-11-22(14-15)12-10-17-16-8-4-5-9-18(16)21-19(17)13-20(23)24-2;2-1(3,4)5/h4-9,11,14,21H,3,10,12-13H2,1-2H3;(H,2,3,4,5)/q+1;/p-1. The van der Waals surface area contributed by atoms with Crippen molar-refractivity contribution in [3.8, 4) is 0 Å². The first-order valence-electron chi connectivity index (χ1n) is 8.96. The first-order valence-corrected chi connectivity index (χ1v) is 10.2. The van der Waals surface area contributed by atoms with Gasteiger partial charge in [0, 0.05) is 34.6 Å². The molecule has 156 valence electrons. The van der Waals surface area contributed by atoms with Gasteiger partial charge >= 0.3 is 5.97 Å². The van der Waals surface area contributed by atoms with Crippen molar-refractivity contribution in [2.45, 2.75) is 32.7 Å². The van der Waals surface area contributed by atoms with Gasteiger partial charge in [-0.15, -0.1) is 10.2 Å². The van der Waals surface area contributed by atoms with Gasteiger partial charge in [0.1, 0.15) is 0 Å². The van der Waals surface area contributed by atoms with Gasteiger partial charge < -0.3 is 9.72 Å². The molecule has 9 heteroatoms. The number of para-hydroxylation sites is 1. The summed E-state index contributed by atoms with van der Waals surface area (Å²) >= 11 is 0. The minimum absolute atomic E-state index is 0.219. The first kappa shape index (κ1) is 22.8. The fraction of sp³-hybridized carbons (Fsp3) is 0.300. The maximum absolute atomic E-state index is 11.7. The highest BCUT2D eigenvalue weighted by atomic mass is 35.7. The van der Waals surface area contributed by atoms with Crippen LogP contribution in [0.1, 0.15) is 23.7 Å². The number of esters is 1. The normalized spacial score (nSPS) is 11.1. The molecule has 2 aromatic heterocycles. The second-order valence-corrected chi connectivity index (χ2v) is 7.07. The number of ether oxygens (including phenoxy) is 1. The number of fused-ring (bicyclic) bond motifs is 1. The Morgan fingerprint density at radius 3 is 2.48 bits per heavy atom. The molecule has 0 unspecified atom stereocenters. The van der Waals surface area contributed by atoms with Gasteiger partial charge in [0.05, 0.1) is 13.5 Å². The minimum Gasteiger partial charge on any atom is -0.469 e. The quantitative estimate of drug-likeness (QED) is 0.368. The summed E-state index contributed by atoms with van der Waals surface area (Å²) in [5, 5.41) is 1.18. The highest BCUT2D eigenvalue weighted by Gasteiger charge is 2.16. The molecule has 2 heterocycles. The summed E-state index contributed by atoms with van der Waals surface area (Å²) in [4.78, 5) is 15.1. The van der Waals surface area contributed by atoms with E-state index in [-0.39, 0.29) is 12.4 Å². The van der Waals surface area contributed by atoms with Crippen LogP contribution in [0.2, 0.25) is 0 Å². The Morgan fingerprint density at radius 1 is 1.14 bits per heavy atom. The molecule has 1 N–H and O–H groups in total. The van der Waals surface area contributed by atoms with E-state index >= 15 is 0 Å². The number of aromatic amines is 1. The number of methoxy groups -OCH3 is 1. The average molecular weight is 423 g/mol. The molecule has 3 aromatic rings. The molecule has 0 fully saturated rings. The first-order chi connectivity index (χ1) is 13.7. The van der Waals surface area contributed by atoms with Gasteiger partial charge in [0.15, 0.2) is 18.9 Å². The van der Waals surface area contributed by atoms with E-state index in [0.717, 1.165) is 30.6 Å². The molecule has 0 aliphatic carbocycles. The molecule has 0 amide bonds. The highest BCUT2D eigenvalue weighted by molar-refractivity contribution is 5.86. The van der Waals surface area contributed by atoms with Gasteiger partial charge in [-0.1, -0.05) is 25.1 Å². The van der Waals surface area contributed by atoms with Crippen molar-refractivity contribution in [3.05, 3.63) is 65.6 Å². The van der Waals surface area contributed by atoms with Crippen molar-refractivity contribution >= 4 is 16.9 Å². The smallest absolute Gasteiger partial charge is 0.311 e. The van der Waals surface area contributed by atoms with Gasteiger partial charge in [-0.25, -0.2) is 23.2 Å². The van der Waals surface area contributed by atoms with E-state index in [0.29, 0.717) is 0 Å². The third kappa shape index (κ3) is 7.45. The number of nitrogens with zero attached hydrogens (tertiary/aromatic N) is 1. The van der Waals surface area contributed by atoms with E-state index < -0.39 is 10.2 Å². The van der Waals surface area contributed by atoms with E-state index in [9.17, 15) is 4.79 Å². The van der Waals surface area contributed by atoms with Crippen molar-refractivity contribution in [3.63, 3.8) is 0 Å². The van der Waals surface area contributed by atoms with Crippen LogP contribution in [0, 0.1) is 10.2 Å². The van der Waals surface area contributed by atoms with E-state index in [1.54, 1.807) is 0 Å². The number of rotatable bonds is 6. The van der Waals surface area contributed by atoms with Crippen LogP contribution in [0.5, 0.6) is 0 Å². The third-order valence-corrected chi connectivity index (χ3v) is 4.40. The minimum atomic E-state index is -4.94. The summed E-state index contributed by atoms with van der Waals surface area (Å²) in [6.45, 7) is 3.04. The van der Waals surface area contributed by atoms with Crippen molar-refractivity contribution < 1.29 is 43.0 Å². The summed E-state index contributed by atoms with van der Waals surface area (Å²) in [6.07, 6.45) is 6.46. The topological polar surface area (TPSA) is 138 Å². The number of carbonyl (C=O) groups excluding carboxylic acids is 1. The Bertz CT molecular complexity index is 946. The van der Waals surface area contributed by atoms with Crippen molar-refractivity contribution in [2.75, 3.05) is 7.11 Å². The third-order valence-electron chi connectivity index (χ3n) is 4.40. The molecular weight excluding hydrogens is 400 g/mol. The molecule has 1 aromatic carbocycles. The zero-order chi connectivity index (χ0) is 21.4. The summed E-state index contributed by atoms with van der Waals surface area (Å²) in [6, 6.07) is 12.4. The van der Waals surface area contributed by atoms with Crippen LogP contribution in [0.15, 0.2) is 48.8 Å². The molecule has 0 spiro atoms. The van der Waals surface area contributed by atoms with Crippen LogP contribution in [0.3, 0.4) is 0 Å². The Morgan fingerprint density at radius 2 is 1.83 bits per heavy atom. The Labute approximate surface area is 170 Å². The lowest BCUT2D eigenvalue weighted by Gasteiger charge is -2.17. The average Bonchev–Trinajstić information content (AvgIpc) is 3.02. The van der Waals surface area contributed by atoms with Crippen LogP contribution in [0.4, 0.5) is 0 Å². The Kier molecular flexibility index (Phi) is 8.12. The zero-order valence-corrected chi connectivity index (χ0v) is 17.0. The number of aromatic nitrogens is 2. The van der Waals surface area contributed by atoms with Crippen LogP contribution in [-0.4, -0.2) is 18.1 Å². The lowest BCUT2D eigenvalue weighted by Crippen LogP contribution is -2.68. The van der Waals surface area contributed by atoms with Crippen LogP contribution in [-0.2, 0) is 35.3 Å². The molecule has 8 nitrogen and oxygen atoms in total. The number of carbonyl (C=O) groups is 1. The zero-order valence-electron chi connectivity index (χ0n) is 16.2. The Hall–Kier alpha value is -2.49. The van der Waals surface area contributed by atoms with Crippen molar-refractivity contribution in [2.24, 2.45) is 0 Å². The molecule has 0 aliphatic heterocycles. The number of halogens is 1. The molecule has 29 heavy (non-hydrogen) atoms. The number of nitrogens with one attached hydrogen (secondary N) is 1. The molecule has 0 saturated carbocycles. The molecule has 0 radical (unpaired) electrons. The van der Waals surface area contributed by atoms with Crippen molar-refractivity contribution in [1.29, 1.82) is 0 Å². The van der Waals surface area contributed by atoms with E-state index in [2.05, 4.69) is 47.1 Å². The number of hydrogen-bond donors (Lipinski definition) is 1. The summed E-state index contributed by atoms with van der Waals surface area (Å²) in [5.41, 5.74) is 4.55. The summed E-state index contributed by atoms with van der Waals surface area (Å²) in [7, 11) is -3.52. The number of aryl methyl sites for hydroxylation is 3. The van der Waals surface area contributed by atoms with Crippen LogP contribution in [0.25, 0.3) is 10.9 Å². The van der Waals surface area contributed by atoms with Gasteiger partial charge in [0.2, 0.25) is 0 Å². The molecule has 0 aliphatic rings. The second-order valence-electron chi connectivity index (χ2n) is 6.31. The molecule has 0 atom stereocenters. The Balaban J connectivity index is 0.000000537.